The Morgan fingerprint density at radius 2 is 1.83 bits per heavy atom. The van der Waals surface area contributed by atoms with Crippen molar-refractivity contribution in [3.05, 3.63) is 76.2 Å². The van der Waals surface area contributed by atoms with Crippen molar-refractivity contribution in [3.8, 4) is 0 Å². The van der Waals surface area contributed by atoms with Crippen LogP contribution in [-0.2, 0) is 20.4 Å². The van der Waals surface area contributed by atoms with E-state index in [-0.39, 0.29) is 24.1 Å². The van der Waals surface area contributed by atoms with Gasteiger partial charge in [-0.3, -0.25) is 19.3 Å². The van der Waals surface area contributed by atoms with Gasteiger partial charge in [-0.25, -0.2) is 8.42 Å². The van der Waals surface area contributed by atoms with Gasteiger partial charge in [-0.1, -0.05) is 42.5 Å². The highest BCUT2D eigenvalue weighted by atomic mass is 32.2. The maximum Gasteiger partial charge on any atom is 0.293 e. The van der Waals surface area contributed by atoms with E-state index < -0.39 is 21.7 Å². The molecular weight excluding hydrogens is 424 g/mol. The number of hydrogen-bond donors (Lipinski definition) is 1. The SMILES string of the molecule is CS(=O)(=O)Cc1cccc(C(=O)NCCN2C(=O)S/C(=C\c3ccccc3)C2=O)c1. The zero-order valence-corrected chi connectivity index (χ0v) is 17.8. The molecule has 0 aliphatic carbocycles. The van der Waals surface area contributed by atoms with E-state index in [0.717, 1.165) is 28.5 Å². The lowest BCUT2D eigenvalue weighted by atomic mass is 10.1. The minimum atomic E-state index is -3.21. The minimum Gasteiger partial charge on any atom is -0.350 e. The summed E-state index contributed by atoms with van der Waals surface area (Å²) < 4.78 is 22.9. The van der Waals surface area contributed by atoms with Gasteiger partial charge in [0.25, 0.3) is 17.1 Å². The Balaban J connectivity index is 1.58. The normalized spacial score (nSPS) is 15.6. The van der Waals surface area contributed by atoms with Gasteiger partial charge in [-0.2, -0.15) is 0 Å². The van der Waals surface area contributed by atoms with E-state index in [4.69, 9.17) is 0 Å². The van der Waals surface area contributed by atoms with E-state index in [1.807, 2.05) is 30.3 Å². The second-order valence-corrected chi connectivity index (χ2v) is 9.90. The number of carbonyl (C=O) groups excluding carboxylic acids is 3. The van der Waals surface area contributed by atoms with Crippen molar-refractivity contribution in [2.24, 2.45) is 0 Å². The van der Waals surface area contributed by atoms with E-state index in [9.17, 15) is 22.8 Å². The molecule has 0 spiro atoms. The van der Waals surface area contributed by atoms with Crippen LogP contribution in [0, 0.1) is 0 Å². The van der Waals surface area contributed by atoms with Crippen molar-refractivity contribution >= 4 is 44.7 Å². The summed E-state index contributed by atoms with van der Waals surface area (Å²) in [5.41, 5.74) is 1.65. The third-order valence-electron chi connectivity index (χ3n) is 4.21. The average Bonchev–Trinajstić information content (AvgIpc) is 2.95. The zero-order valence-electron chi connectivity index (χ0n) is 16.2. The number of amides is 3. The lowest BCUT2D eigenvalue weighted by Gasteiger charge is -2.13. The van der Waals surface area contributed by atoms with Crippen molar-refractivity contribution < 1.29 is 22.8 Å². The Morgan fingerprint density at radius 1 is 1.10 bits per heavy atom. The van der Waals surface area contributed by atoms with E-state index >= 15 is 0 Å². The van der Waals surface area contributed by atoms with Crippen LogP contribution in [-0.4, -0.2) is 49.7 Å². The Hall–Kier alpha value is -2.91. The summed E-state index contributed by atoms with van der Waals surface area (Å²) in [4.78, 5) is 38.4. The van der Waals surface area contributed by atoms with Crippen LogP contribution in [0.2, 0.25) is 0 Å². The first-order valence-corrected chi connectivity index (χ1v) is 12.0. The number of carbonyl (C=O) groups is 3. The molecule has 1 N–H and O–H groups in total. The third kappa shape index (κ3) is 5.80. The van der Waals surface area contributed by atoms with Crippen molar-refractivity contribution in [2.75, 3.05) is 19.3 Å². The van der Waals surface area contributed by atoms with Gasteiger partial charge in [0.05, 0.1) is 10.7 Å². The molecule has 7 nitrogen and oxygen atoms in total. The maximum absolute atomic E-state index is 12.5. The highest BCUT2D eigenvalue weighted by Gasteiger charge is 2.34. The fourth-order valence-corrected chi connectivity index (χ4v) is 4.53. The van der Waals surface area contributed by atoms with Crippen molar-refractivity contribution in [2.45, 2.75) is 5.75 Å². The van der Waals surface area contributed by atoms with Gasteiger partial charge >= 0.3 is 0 Å². The molecule has 0 bridgehead atoms. The Morgan fingerprint density at radius 3 is 2.53 bits per heavy atom. The second kappa shape index (κ2) is 9.27. The highest BCUT2D eigenvalue weighted by molar-refractivity contribution is 8.18. The summed E-state index contributed by atoms with van der Waals surface area (Å²) in [6.45, 7) is 0.136. The molecule has 0 unspecified atom stereocenters. The minimum absolute atomic E-state index is 0.0472. The molecule has 0 aromatic heterocycles. The average molecular weight is 445 g/mol. The van der Waals surface area contributed by atoms with E-state index in [1.165, 1.54) is 6.07 Å². The molecule has 0 saturated carbocycles. The summed E-state index contributed by atoms with van der Waals surface area (Å²) in [5.74, 6) is -0.950. The van der Waals surface area contributed by atoms with Crippen molar-refractivity contribution in [1.29, 1.82) is 0 Å². The molecule has 1 aliphatic heterocycles. The number of hydrogen-bond acceptors (Lipinski definition) is 6. The Bertz CT molecular complexity index is 1110. The number of sulfone groups is 1. The van der Waals surface area contributed by atoms with Crippen LogP contribution in [0.15, 0.2) is 59.5 Å². The zero-order chi connectivity index (χ0) is 21.7. The van der Waals surface area contributed by atoms with Crippen LogP contribution in [0.5, 0.6) is 0 Å². The summed E-state index contributed by atoms with van der Waals surface area (Å²) in [6, 6.07) is 15.6. The van der Waals surface area contributed by atoms with Crippen LogP contribution in [0.1, 0.15) is 21.5 Å². The molecule has 9 heteroatoms. The van der Waals surface area contributed by atoms with Crippen LogP contribution < -0.4 is 5.32 Å². The van der Waals surface area contributed by atoms with Crippen molar-refractivity contribution in [1.82, 2.24) is 10.2 Å². The highest BCUT2D eigenvalue weighted by Crippen LogP contribution is 2.31. The lowest BCUT2D eigenvalue weighted by Crippen LogP contribution is -2.37. The van der Waals surface area contributed by atoms with Gasteiger partial charge < -0.3 is 5.32 Å². The fraction of sp³-hybridized carbons (Fsp3) is 0.190. The van der Waals surface area contributed by atoms with Crippen LogP contribution in [0.25, 0.3) is 6.08 Å². The number of thioether (sulfide) groups is 1. The molecule has 1 fully saturated rings. The monoisotopic (exact) mass is 444 g/mol. The molecule has 0 atom stereocenters. The predicted octanol–water partition coefficient (Wildman–Crippen LogP) is 2.70. The Labute approximate surface area is 179 Å². The molecule has 1 aliphatic rings. The number of nitrogens with zero attached hydrogens (tertiary/aromatic N) is 1. The summed E-state index contributed by atoms with van der Waals surface area (Å²) in [5, 5.41) is 2.28. The van der Waals surface area contributed by atoms with Gasteiger partial charge in [0.1, 0.15) is 0 Å². The molecule has 0 radical (unpaired) electrons. The summed E-state index contributed by atoms with van der Waals surface area (Å²) >= 11 is 0.868. The Kier molecular flexibility index (Phi) is 6.73. The molecule has 3 amide bonds. The molecule has 156 valence electrons. The summed E-state index contributed by atoms with van der Waals surface area (Å²) in [7, 11) is -3.21. The number of benzene rings is 2. The molecule has 1 heterocycles. The fourth-order valence-electron chi connectivity index (χ4n) is 2.88. The number of rotatable bonds is 7. The number of nitrogens with one attached hydrogen (secondary N) is 1. The van der Waals surface area contributed by atoms with Gasteiger partial charge in [0.2, 0.25) is 0 Å². The van der Waals surface area contributed by atoms with Crippen LogP contribution >= 0.6 is 11.8 Å². The van der Waals surface area contributed by atoms with Gasteiger partial charge in [0.15, 0.2) is 9.84 Å². The summed E-state index contributed by atoms with van der Waals surface area (Å²) in [6.07, 6.45) is 2.79. The first kappa shape index (κ1) is 21.8. The second-order valence-electron chi connectivity index (χ2n) is 6.77. The molecule has 2 aromatic rings. The standard InChI is InChI=1S/C21H20N2O5S2/c1-30(27,28)14-16-8-5-9-17(12-16)19(24)22-10-11-23-20(25)18(29-21(23)26)13-15-6-3-2-4-7-15/h2-9,12-13H,10-11,14H2,1H3,(H,22,24)/b18-13-. The lowest BCUT2D eigenvalue weighted by molar-refractivity contribution is -0.122. The molecule has 30 heavy (non-hydrogen) atoms. The molecule has 1 saturated heterocycles. The molecule has 3 rings (SSSR count). The maximum atomic E-state index is 12.5. The number of imide groups is 1. The molecule has 2 aromatic carbocycles. The smallest absolute Gasteiger partial charge is 0.293 e. The first-order chi connectivity index (χ1) is 14.2. The first-order valence-electron chi connectivity index (χ1n) is 9.08. The quantitative estimate of drug-likeness (QED) is 0.659. The van der Waals surface area contributed by atoms with Crippen molar-refractivity contribution in [3.63, 3.8) is 0 Å². The van der Waals surface area contributed by atoms with E-state index in [1.54, 1.807) is 24.3 Å². The van der Waals surface area contributed by atoms with E-state index in [0.29, 0.717) is 16.0 Å². The largest absolute Gasteiger partial charge is 0.350 e. The third-order valence-corrected chi connectivity index (χ3v) is 5.98. The van der Waals surface area contributed by atoms with Crippen LogP contribution in [0.3, 0.4) is 0 Å². The van der Waals surface area contributed by atoms with Gasteiger partial charge in [-0.05, 0) is 41.1 Å². The molecular formula is C21H20N2O5S2. The van der Waals surface area contributed by atoms with Gasteiger partial charge in [0, 0.05) is 24.9 Å². The van der Waals surface area contributed by atoms with E-state index in [2.05, 4.69) is 5.32 Å². The van der Waals surface area contributed by atoms with Gasteiger partial charge in [-0.15, -0.1) is 0 Å². The topological polar surface area (TPSA) is 101 Å². The predicted molar refractivity (Wildman–Crippen MR) is 116 cm³/mol. The van der Waals surface area contributed by atoms with Crippen LogP contribution in [0.4, 0.5) is 4.79 Å².